The molecule has 0 aliphatic rings. The van der Waals surface area contributed by atoms with E-state index in [4.69, 9.17) is 9.47 Å². The smallest absolute Gasteiger partial charge is 0.338 e. The summed E-state index contributed by atoms with van der Waals surface area (Å²) in [6, 6.07) is 19.9. The Hall–Kier alpha value is -4.38. The molecule has 4 rings (SSSR count). The van der Waals surface area contributed by atoms with Crippen molar-refractivity contribution in [2.75, 3.05) is 30.1 Å². The zero-order valence-electron chi connectivity index (χ0n) is 20.8. The van der Waals surface area contributed by atoms with E-state index >= 15 is 0 Å². The zero-order valence-corrected chi connectivity index (χ0v) is 21.6. The molecule has 0 bridgehead atoms. The summed E-state index contributed by atoms with van der Waals surface area (Å²) in [4.78, 5) is 24.5. The van der Waals surface area contributed by atoms with Gasteiger partial charge < -0.3 is 20.1 Å². The maximum Gasteiger partial charge on any atom is 0.338 e. The van der Waals surface area contributed by atoms with Crippen LogP contribution in [0.4, 0.5) is 15.8 Å². The van der Waals surface area contributed by atoms with Gasteiger partial charge >= 0.3 is 5.97 Å². The molecule has 38 heavy (non-hydrogen) atoms. The number of benzene rings is 3. The Morgan fingerprint density at radius 1 is 0.947 bits per heavy atom. The molecule has 0 atom stereocenters. The van der Waals surface area contributed by atoms with E-state index in [1.54, 1.807) is 50.4 Å². The molecule has 1 amide bonds. The van der Waals surface area contributed by atoms with Gasteiger partial charge in [-0.1, -0.05) is 11.8 Å². The molecule has 0 radical (unpaired) electrons. The van der Waals surface area contributed by atoms with E-state index < -0.39 is 5.97 Å². The lowest BCUT2D eigenvalue weighted by Gasteiger charge is -2.12. The van der Waals surface area contributed by atoms with Gasteiger partial charge in [-0.2, -0.15) is 0 Å². The molecule has 0 saturated carbocycles. The minimum Gasteiger partial charge on any atom is -0.497 e. The number of thioether (sulfide) groups is 1. The van der Waals surface area contributed by atoms with Crippen LogP contribution in [-0.2, 0) is 16.1 Å². The molecule has 3 aromatic carbocycles. The normalized spacial score (nSPS) is 10.6. The van der Waals surface area contributed by atoms with E-state index in [0.717, 1.165) is 11.4 Å². The van der Waals surface area contributed by atoms with Crippen molar-refractivity contribution in [2.45, 2.75) is 18.6 Å². The number of hydrogen-bond acceptors (Lipinski definition) is 8. The van der Waals surface area contributed by atoms with Crippen molar-refractivity contribution in [3.05, 3.63) is 90.0 Å². The summed E-state index contributed by atoms with van der Waals surface area (Å²) in [5.74, 6) is 0.424. The van der Waals surface area contributed by atoms with Crippen LogP contribution in [0.5, 0.6) is 5.75 Å². The molecule has 0 spiro atoms. The highest BCUT2D eigenvalue weighted by Crippen LogP contribution is 2.25. The minimum absolute atomic E-state index is 0.0826. The van der Waals surface area contributed by atoms with Gasteiger partial charge in [0, 0.05) is 17.1 Å². The van der Waals surface area contributed by atoms with Gasteiger partial charge in [-0.3, -0.25) is 9.36 Å². The fourth-order valence-corrected chi connectivity index (χ4v) is 4.25. The van der Waals surface area contributed by atoms with Crippen LogP contribution in [0.1, 0.15) is 23.1 Å². The first-order valence-electron chi connectivity index (χ1n) is 11.7. The fraction of sp³-hybridized carbons (Fsp3) is 0.185. The monoisotopic (exact) mass is 535 g/mol. The average molecular weight is 536 g/mol. The second-order valence-electron chi connectivity index (χ2n) is 7.93. The summed E-state index contributed by atoms with van der Waals surface area (Å²) in [5, 5.41) is 15.2. The van der Waals surface area contributed by atoms with Crippen molar-refractivity contribution in [3.63, 3.8) is 0 Å². The van der Waals surface area contributed by atoms with Gasteiger partial charge in [0.2, 0.25) is 5.91 Å². The summed E-state index contributed by atoms with van der Waals surface area (Å²) in [7, 11) is 1.59. The van der Waals surface area contributed by atoms with Crippen molar-refractivity contribution in [3.8, 4) is 11.4 Å². The van der Waals surface area contributed by atoms with Gasteiger partial charge in [0.05, 0.1) is 31.6 Å². The SMILES string of the molecule is CCOC(=O)c1ccc(NC(=O)CSc2nnc(CNc3ccc(F)cc3)n2-c2ccc(OC)cc2)cc1. The third-order valence-corrected chi connectivity index (χ3v) is 6.27. The number of esters is 1. The average Bonchev–Trinajstić information content (AvgIpc) is 3.35. The lowest BCUT2D eigenvalue weighted by Crippen LogP contribution is -2.15. The number of amides is 1. The third kappa shape index (κ3) is 6.88. The Bertz CT molecular complexity index is 1380. The van der Waals surface area contributed by atoms with Crippen LogP contribution in [-0.4, -0.2) is 46.1 Å². The summed E-state index contributed by atoms with van der Waals surface area (Å²) in [5.41, 5.74) is 2.50. The van der Waals surface area contributed by atoms with Gasteiger partial charge in [-0.15, -0.1) is 10.2 Å². The second-order valence-corrected chi connectivity index (χ2v) is 8.87. The van der Waals surface area contributed by atoms with Crippen molar-refractivity contribution in [1.29, 1.82) is 0 Å². The number of halogens is 1. The van der Waals surface area contributed by atoms with Crippen molar-refractivity contribution in [2.24, 2.45) is 0 Å². The molecule has 196 valence electrons. The highest BCUT2D eigenvalue weighted by Gasteiger charge is 2.16. The predicted molar refractivity (Wildman–Crippen MR) is 143 cm³/mol. The number of carbonyl (C=O) groups excluding carboxylic acids is 2. The van der Waals surface area contributed by atoms with Crippen LogP contribution in [0, 0.1) is 5.82 Å². The van der Waals surface area contributed by atoms with Crippen molar-refractivity contribution in [1.82, 2.24) is 14.8 Å². The van der Waals surface area contributed by atoms with Crippen LogP contribution < -0.4 is 15.4 Å². The fourth-order valence-electron chi connectivity index (χ4n) is 3.48. The molecule has 0 fully saturated rings. The Kier molecular flexibility index (Phi) is 8.94. The highest BCUT2D eigenvalue weighted by atomic mass is 32.2. The summed E-state index contributed by atoms with van der Waals surface area (Å²) in [6.45, 7) is 2.36. The standard InChI is InChI=1S/C27H26FN5O4S/c1-3-37-26(35)18-4-8-21(9-5-18)30-25(34)17-38-27-32-31-24(16-29-20-10-6-19(28)7-11-20)33(27)22-12-14-23(36-2)15-13-22/h4-15,29H,3,16-17H2,1-2H3,(H,30,34). The Morgan fingerprint density at radius 2 is 1.63 bits per heavy atom. The van der Waals surface area contributed by atoms with E-state index in [9.17, 15) is 14.0 Å². The summed E-state index contributed by atoms with van der Waals surface area (Å²) < 4.78 is 25.3. The summed E-state index contributed by atoms with van der Waals surface area (Å²) in [6.07, 6.45) is 0. The Balaban J connectivity index is 1.46. The molecule has 11 heteroatoms. The second kappa shape index (κ2) is 12.7. The van der Waals surface area contributed by atoms with E-state index in [1.165, 1.54) is 23.9 Å². The van der Waals surface area contributed by atoms with Crippen LogP contribution in [0.25, 0.3) is 5.69 Å². The first kappa shape index (κ1) is 26.7. The zero-order chi connectivity index (χ0) is 26.9. The quantitative estimate of drug-likeness (QED) is 0.206. The molecule has 0 unspecified atom stereocenters. The van der Waals surface area contributed by atoms with Crippen LogP contribution in [0.3, 0.4) is 0 Å². The van der Waals surface area contributed by atoms with Gasteiger partial charge in [0.25, 0.3) is 0 Å². The number of carbonyl (C=O) groups is 2. The molecule has 0 saturated heterocycles. The van der Waals surface area contributed by atoms with Crippen LogP contribution >= 0.6 is 11.8 Å². The number of methoxy groups -OCH3 is 1. The van der Waals surface area contributed by atoms with Gasteiger partial charge in [0.15, 0.2) is 11.0 Å². The number of ether oxygens (including phenoxy) is 2. The number of aromatic nitrogens is 3. The van der Waals surface area contributed by atoms with E-state index in [-0.39, 0.29) is 17.5 Å². The number of rotatable bonds is 11. The molecular formula is C27H26FN5O4S. The Morgan fingerprint density at radius 3 is 2.29 bits per heavy atom. The third-order valence-electron chi connectivity index (χ3n) is 5.34. The first-order valence-corrected chi connectivity index (χ1v) is 12.7. The molecule has 0 aliphatic heterocycles. The molecule has 0 aliphatic carbocycles. The molecule has 1 aromatic heterocycles. The Labute approximate surface area is 223 Å². The van der Waals surface area contributed by atoms with Gasteiger partial charge in [-0.05, 0) is 79.7 Å². The number of hydrogen-bond donors (Lipinski definition) is 2. The van der Waals surface area contributed by atoms with E-state index in [2.05, 4.69) is 20.8 Å². The minimum atomic E-state index is -0.413. The predicted octanol–water partition coefficient (Wildman–Crippen LogP) is 4.93. The summed E-state index contributed by atoms with van der Waals surface area (Å²) >= 11 is 1.23. The van der Waals surface area contributed by atoms with Gasteiger partial charge in [-0.25, -0.2) is 9.18 Å². The molecule has 9 nitrogen and oxygen atoms in total. The van der Waals surface area contributed by atoms with E-state index in [1.807, 2.05) is 28.8 Å². The molecular weight excluding hydrogens is 509 g/mol. The number of nitrogens with one attached hydrogen (secondary N) is 2. The maximum atomic E-state index is 13.2. The molecule has 1 heterocycles. The molecule has 2 N–H and O–H groups in total. The van der Waals surface area contributed by atoms with Crippen LogP contribution in [0.2, 0.25) is 0 Å². The first-order chi connectivity index (χ1) is 18.5. The number of nitrogens with zero attached hydrogens (tertiary/aromatic N) is 3. The van der Waals surface area contributed by atoms with Crippen molar-refractivity contribution < 1.29 is 23.5 Å². The maximum absolute atomic E-state index is 13.2. The van der Waals surface area contributed by atoms with E-state index in [0.29, 0.717) is 41.1 Å². The number of anilines is 2. The van der Waals surface area contributed by atoms with Gasteiger partial charge in [0.1, 0.15) is 11.6 Å². The highest BCUT2D eigenvalue weighted by molar-refractivity contribution is 7.99. The topological polar surface area (TPSA) is 107 Å². The lowest BCUT2D eigenvalue weighted by molar-refractivity contribution is -0.113. The molecule has 4 aromatic rings. The largest absolute Gasteiger partial charge is 0.497 e. The lowest BCUT2D eigenvalue weighted by atomic mass is 10.2. The van der Waals surface area contributed by atoms with Crippen LogP contribution in [0.15, 0.2) is 78.0 Å². The van der Waals surface area contributed by atoms with Crippen molar-refractivity contribution >= 4 is 35.0 Å².